The maximum Gasteiger partial charge on any atom is 0.424 e. The van der Waals surface area contributed by atoms with Crippen molar-refractivity contribution in [1.29, 1.82) is 0 Å². The second kappa shape index (κ2) is 7.63. The fraction of sp³-hybridized carbons (Fsp3) is 0.429. The van der Waals surface area contributed by atoms with Gasteiger partial charge in [0.25, 0.3) is 0 Å². The van der Waals surface area contributed by atoms with Gasteiger partial charge in [0.05, 0.1) is 10.9 Å². The molecule has 25 heavy (non-hydrogen) atoms. The van der Waals surface area contributed by atoms with Gasteiger partial charge in [0, 0.05) is 37.3 Å². The zero-order chi connectivity index (χ0) is 18.7. The van der Waals surface area contributed by atoms with Crippen LogP contribution < -0.4 is 10.6 Å². The van der Waals surface area contributed by atoms with Gasteiger partial charge in [-0.05, 0) is 12.1 Å². The van der Waals surface area contributed by atoms with E-state index in [0.29, 0.717) is 4.34 Å². The number of hydrogen-bond donors (Lipinski definition) is 3. The van der Waals surface area contributed by atoms with E-state index in [0.717, 1.165) is 9.44 Å². The molecule has 0 spiro atoms. The lowest BCUT2D eigenvalue weighted by Crippen LogP contribution is -2.47. The van der Waals surface area contributed by atoms with Crippen molar-refractivity contribution >= 4 is 29.0 Å². The quantitative estimate of drug-likeness (QED) is 0.702. The van der Waals surface area contributed by atoms with Crippen molar-refractivity contribution in [1.82, 2.24) is 20.2 Å². The number of nitrogens with zero attached hydrogens (tertiary/aromatic N) is 2. The second-order valence-electron chi connectivity index (χ2n) is 5.29. The zero-order valence-electron chi connectivity index (χ0n) is 13.1. The molecule has 0 fully saturated rings. The van der Waals surface area contributed by atoms with Gasteiger partial charge in [-0.15, -0.1) is 11.3 Å². The fourth-order valence-electron chi connectivity index (χ4n) is 2.18. The number of thiophene rings is 1. The van der Waals surface area contributed by atoms with Crippen LogP contribution in [-0.4, -0.2) is 33.4 Å². The van der Waals surface area contributed by atoms with Gasteiger partial charge in [-0.2, -0.15) is 13.2 Å². The Hall–Kier alpha value is -1.78. The van der Waals surface area contributed by atoms with Gasteiger partial charge >= 0.3 is 12.2 Å². The van der Waals surface area contributed by atoms with Crippen LogP contribution in [0.3, 0.4) is 0 Å². The number of carbonyl (C=O) groups is 1. The fourth-order valence-corrected chi connectivity index (χ4v) is 3.21. The minimum absolute atomic E-state index is 0.201. The highest BCUT2D eigenvalue weighted by atomic mass is 35.5. The smallest absolute Gasteiger partial charge is 0.374 e. The molecule has 0 aliphatic rings. The van der Waals surface area contributed by atoms with E-state index >= 15 is 0 Å². The molecule has 2 amide bonds. The van der Waals surface area contributed by atoms with Crippen LogP contribution in [-0.2, 0) is 19.2 Å². The van der Waals surface area contributed by atoms with Crippen molar-refractivity contribution in [2.45, 2.75) is 24.7 Å². The summed E-state index contributed by atoms with van der Waals surface area (Å²) in [6.45, 7) is -0.188. The van der Waals surface area contributed by atoms with E-state index in [1.54, 1.807) is 12.1 Å². The van der Waals surface area contributed by atoms with Crippen LogP contribution >= 0.6 is 22.9 Å². The van der Waals surface area contributed by atoms with Crippen LogP contribution in [0.15, 0.2) is 24.5 Å². The lowest BCUT2D eigenvalue weighted by molar-refractivity contribution is -0.272. The zero-order valence-corrected chi connectivity index (χ0v) is 14.7. The van der Waals surface area contributed by atoms with Crippen molar-refractivity contribution < 1.29 is 23.1 Å². The first-order chi connectivity index (χ1) is 11.6. The largest absolute Gasteiger partial charge is 0.424 e. The Morgan fingerprint density at radius 2 is 2.12 bits per heavy atom. The summed E-state index contributed by atoms with van der Waals surface area (Å²) in [5.41, 5.74) is -3.15. The van der Waals surface area contributed by atoms with E-state index in [4.69, 9.17) is 11.6 Å². The molecule has 11 heteroatoms. The number of rotatable bonds is 6. The number of urea groups is 1. The Kier molecular flexibility index (Phi) is 5.96. The Bertz CT molecular complexity index is 734. The number of aryl methyl sites for hydroxylation is 1. The highest BCUT2D eigenvalue weighted by Gasteiger charge is 2.57. The van der Waals surface area contributed by atoms with Crippen molar-refractivity contribution in [2.75, 3.05) is 6.54 Å². The average Bonchev–Trinajstić information content (AvgIpc) is 3.12. The minimum atomic E-state index is -4.93. The number of carbonyl (C=O) groups excluding carboxylic acids is 1. The third kappa shape index (κ3) is 4.65. The number of hydrogen-bond acceptors (Lipinski definition) is 4. The summed E-state index contributed by atoms with van der Waals surface area (Å²) in [7, 11) is 1.35. The van der Waals surface area contributed by atoms with E-state index in [1.807, 2.05) is 0 Å². The van der Waals surface area contributed by atoms with Crippen LogP contribution in [0.25, 0.3) is 0 Å². The Morgan fingerprint density at radius 1 is 1.40 bits per heavy atom. The van der Waals surface area contributed by atoms with E-state index in [9.17, 15) is 23.1 Å². The average molecular weight is 397 g/mol. The van der Waals surface area contributed by atoms with Crippen LogP contribution in [0, 0.1) is 0 Å². The van der Waals surface area contributed by atoms with Gasteiger partial charge in [-0.3, -0.25) is 0 Å². The molecule has 2 heterocycles. The van der Waals surface area contributed by atoms with E-state index in [-0.39, 0.29) is 13.1 Å². The number of halogens is 4. The SMILES string of the molecule is Cn1ccnc1C(O)(CCNC(=O)NCc1ccc(Cl)s1)C(F)(F)F. The Labute approximate surface area is 150 Å². The molecule has 3 N–H and O–H groups in total. The summed E-state index contributed by atoms with van der Waals surface area (Å²) >= 11 is 7.05. The molecule has 0 aliphatic heterocycles. The van der Waals surface area contributed by atoms with Gasteiger partial charge in [-0.1, -0.05) is 11.6 Å². The van der Waals surface area contributed by atoms with E-state index in [1.165, 1.54) is 30.8 Å². The van der Waals surface area contributed by atoms with Gasteiger partial charge in [0.2, 0.25) is 5.60 Å². The summed E-state index contributed by atoms with van der Waals surface area (Å²) in [6, 6.07) is 2.77. The third-order valence-corrected chi connectivity index (χ3v) is 4.72. The molecule has 0 saturated heterocycles. The molecule has 0 aliphatic carbocycles. The summed E-state index contributed by atoms with van der Waals surface area (Å²) in [6.07, 6.45) is -3.23. The predicted molar refractivity (Wildman–Crippen MR) is 87.3 cm³/mol. The topological polar surface area (TPSA) is 79.2 Å². The van der Waals surface area contributed by atoms with Gasteiger partial charge in [0.15, 0.2) is 0 Å². The number of amides is 2. The van der Waals surface area contributed by atoms with Crippen LogP contribution in [0.2, 0.25) is 4.34 Å². The lowest BCUT2D eigenvalue weighted by Gasteiger charge is -2.29. The molecular weight excluding hydrogens is 381 g/mol. The van der Waals surface area contributed by atoms with Crippen LogP contribution in [0.4, 0.5) is 18.0 Å². The monoisotopic (exact) mass is 396 g/mol. The molecule has 6 nitrogen and oxygen atoms in total. The highest BCUT2D eigenvalue weighted by Crippen LogP contribution is 2.40. The molecule has 2 aromatic heterocycles. The number of aliphatic hydroxyl groups is 1. The Balaban J connectivity index is 1.91. The summed E-state index contributed by atoms with van der Waals surface area (Å²) < 4.78 is 41.6. The number of imidazole rings is 1. The highest BCUT2D eigenvalue weighted by molar-refractivity contribution is 7.16. The first kappa shape index (κ1) is 19.5. The van der Waals surface area contributed by atoms with Crippen LogP contribution in [0.5, 0.6) is 0 Å². The maximum absolute atomic E-state index is 13.3. The molecule has 0 aromatic carbocycles. The molecule has 138 valence electrons. The molecule has 0 bridgehead atoms. The first-order valence-corrected chi connectivity index (χ1v) is 8.36. The second-order valence-corrected chi connectivity index (χ2v) is 7.08. The van der Waals surface area contributed by atoms with Crippen molar-refractivity contribution in [3.8, 4) is 0 Å². The number of alkyl halides is 3. The minimum Gasteiger partial charge on any atom is -0.374 e. The molecule has 1 unspecified atom stereocenters. The molecular formula is C14H16ClF3N4O2S. The van der Waals surface area contributed by atoms with Crippen LogP contribution in [0.1, 0.15) is 17.1 Å². The third-order valence-electron chi connectivity index (χ3n) is 3.48. The van der Waals surface area contributed by atoms with Crippen molar-refractivity contribution in [3.63, 3.8) is 0 Å². The molecule has 0 radical (unpaired) electrons. The summed E-state index contributed by atoms with van der Waals surface area (Å²) in [4.78, 5) is 16.1. The van der Waals surface area contributed by atoms with Crippen molar-refractivity contribution in [2.24, 2.45) is 7.05 Å². The number of nitrogens with one attached hydrogen (secondary N) is 2. The van der Waals surface area contributed by atoms with Gasteiger partial charge < -0.3 is 20.3 Å². The standard InChI is InChI=1S/C14H16ClF3N4O2S/c1-22-7-6-19-11(22)13(24,14(16,17)18)4-5-20-12(23)21-8-9-2-3-10(15)25-9/h2-3,6-7,24H,4-5,8H2,1H3,(H2,20,21,23). The first-order valence-electron chi connectivity index (χ1n) is 7.16. The molecule has 1 atom stereocenters. The van der Waals surface area contributed by atoms with Gasteiger partial charge in [-0.25, -0.2) is 9.78 Å². The predicted octanol–water partition coefficient (Wildman–Crippen LogP) is 2.77. The summed E-state index contributed by atoms with van der Waals surface area (Å²) in [5.74, 6) is -0.532. The molecule has 2 aromatic rings. The van der Waals surface area contributed by atoms with Crippen molar-refractivity contribution in [3.05, 3.63) is 39.6 Å². The van der Waals surface area contributed by atoms with Gasteiger partial charge in [0.1, 0.15) is 5.82 Å². The lowest BCUT2D eigenvalue weighted by atomic mass is 9.97. The summed E-state index contributed by atoms with van der Waals surface area (Å²) in [5, 5.41) is 14.9. The maximum atomic E-state index is 13.3. The molecule has 2 rings (SSSR count). The van der Waals surface area contributed by atoms with E-state index in [2.05, 4.69) is 15.6 Å². The van der Waals surface area contributed by atoms with E-state index < -0.39 is 30.1 Å². The molecule has 0 saturated carbocycles. The normalized spacial score (nSPS) is 14.2. The Morgan fingerprint density at radius 3 is 2.64 bits per heavy atom. The number of aromatic nitrogens is 2.